The second kappa shape index (κ2) is 7.61. The minimum absolute atomic E-state index is 0.0469. The molecule has 1 amide bonds. The Kier molecular flexibility index (Phi) is 5.15. The highest BCUT2D eigenvalue weighted by molar-refractivity contribution is 7.89. The van der Waals surface area contributed by atoms with Gasteiger partial charge in [-0.05, 0) is 46.5 Å². The third-order valence-corrected chi connectivity index (χ3v) is 6.70. The van der Waals surface area contributed by atoms with Gasteiger partial charge in [0.05, 0.1) is 4.90 Å². The van der Waals surface area contributed by atoms with Crippen molar-refractivity contribution < 1.29 is 13.2 Å². The van der Waals surface area contributed by atoms with E-state index < -0.39 is 10.0 Å². The summed E-state index contributed by atoms with van der Waals surface area (Å²) in [5, 5.41) is 1.90. The summed E-state index contributed by atoms with van der Waals surface area (Å²) in [6.07, 6.45) is 0.791. The largest absolute Gasteiger partial charge is 0.312 e. The van der Waals surface area contributed by atoms with Crippen LogP contribution in [0.3, 0.4) is 0 Å². The number of rotatable bonds is 5. The van der Waals surface area contributed by atoms with Crippen LogP contribution in [0.1, 0.15) is 25.0 Å². The topological polar surface area (TPSA) is 66.5 Å². The van der Waals surface area contributed by atoms with Crippen molar-refractivity contribution in [3.8, 4) is 0 Å². The summed E-state index contributed by atoms with van der Waals surface area (Å²) in [5.74, 6) is 0.0721. The van der Waals surface area contributed by atoms with Crippen LogP contribution in [0.5, 0.6) is 0 Å². The Morgan fingerprint density at radius 1 is 1.03 bits per heavy atom. The number of benzene rings is 3. The molecule has 0 saturated carbocycles. The minimum Gasteiger partial charge on any atom is -0.312 e. The second-order valence-electron chi connectivity index (χ2n) is 7.69. The highest BCUT2D eigenvalue weighted by Crippen LogP contribution is 2.30. The SMILES string of the molecule is CC(C)C(=O)N1CCc2cc(CNS(=O)(=O)c3ccc4ccccc4c3)ccc21. The van der Waals surface area contributed by atoms with Crippen LogP contribution >= 0.6 is 0 Å². The zero-order chi connectivity index (χ0) is 20.6. The van der Waals surface area contributed by atoms with Gasteiger partial charge in [-0.2, -0.15) is 0 Å². The van der Waals surface area contributed by atoms with E-state index in [1.54, 1.807) is 12.1 Å². The molecule has 0 unspecified atom stereocenters. The zero-order valence-electron chi connectivity index (χ0n) is 16.6. The van der Waals surface area contributed by atoms with Gasteiger partial charge in [0.2, 0.25) is 15.9 Å². The van der Waals surface area contributed by atoms with Gasteiger partial charge in [0.25, 0.3) is 0 Å². The van der Waals surface area contributed by atoms with Crippen LogP contribution in [0, 0.1) is 5.92 Å². The van der Waals surface area contributed by atoms with E-state index >= 15 is 0 Å². The van der Waals surface area contributed by atoms with Crippen LogP contribution in [0.4, 0.5) is 5.69 Å². The smallest absolute Gasteiger partial charge is 0.240 e. The van der Waals surface area contributed by atoms with Gasteiger partial charge < -0.3 is 4.90 Å². The fraction of sp³-hybridized carbons (Fsp3) is 0.261. The quantitative estimate of drug-likeness (QED) is 0.697. The molecule has 0 aromatic heterocycles. The van der Waals surface area contributed by atoms with E-state index in [0.717, 1.165) is 34.0 Å². The molecule has 0 aliphatic carbocycles. The van der Waals surface area contributed by atoms with Gasteiger partial charge >= 0.3 is 0 Å². The van der Waals surface area contributed by atoms with Crippen molar-refractivity contribution in [3.63, 3.8) is 0 Å². The van der Waals surface area contributed by atoms with Gasteiger partial charge in [0.15, 0.2) is 0 Å². The molecule has 0 bridgehead atoms. The first-order valence-corrected chi connectivity index (χ1v) is 11.2. The minimum atomic E-state index is -3.61. The second-order valence-corrected chi connectivity index (χ2v) is 9.46. The third kappa shape index (κ3) is 3.91. The first kappa shape index (κ1) is 19.6. The van der Waals surface area contributed by atoms with Crippen LogP contribution in [-0.2, 0) is 27.8 Å². The summed E-state index contributed by atoms with van der Waals surface area (Å²) in [6.45, 7) is 4.69. The molecule has 150 valence electrons. The van der Waals surface area contributed by atoms with E-state index in [0.29, 0.717) is 6.54 Å². The Balaban J connectivity index is 1.50. The summed E-state index contributed by atoms with van der Waals surface area (Å²) in [4.78, 5) is 14.4. The van der Waals surface area contributed by atoms with E-state index in [4.69, 9.17) is 0 Å². The number of amides is 1. The molecule has 5 nitrogen and oxygen atoms in total. The van der Waals surface area contributed by atoms with E-state index in [1.807, 2.05) is 67.3 Å². The molecule has 3 aromatic carbocycles. The van der Waals surface area contributed by atoms with Crippen molar-refractivity contribution in [3.05, 3.63) is 71.8 Å². The van der Waals surface area contributed by atoms with E-state index in [9.17, 15) is 13.2 Å². The molecule has 0 saturated heterocycles. The summed E-state index contributed by atoms with van der Waals surface area (Å²) in [5.41, 5.74) is 2.90. The van der Waals surface area contributed by atoms with Gasteiger partial charge in [-0.25, -0.2) is 13.1 Å². The molecule has 1 aliphatic heterocycles. The van der Waals surface area contributed by atoms with Crippen LogP contribution in [0.2, 0.25) is 0 Å². The Hall–Kier alpha value is -2.70. The molecule has 1 aliphatic rings. The first-order valence-electron chi connectivity index (χ1n) is 9.77. The summed E-state index contributed by atoms with van der Waals surface area (Å²) in [7, 11) is -3.61. The Morgan fingerprint density at radius 2 is 1.79 bits per heavy atom. The first-order chi connectivity index (χ1) is 13.8. The van der Waals surface area contributed by atoms with E-state index in [2.05, 4.69) is 4.72 Å². The fourth-order valence-electron chi connectivity index (χ4n) is 3.70. The van der Waals surface area contributed by atoms with Crippen molar-refractivity contribution in [1.82, 2.24) is 4.72 Å². The molecular formula is C23H24N2O3S. The lowest BCUT2D eigenvalue weighted by Gasteiger charge is -2.19. The molecule has 0 fully saturated rings. The number of anilines is 1. The van der Waals surface area contributed by atoms with Crippen LogP contribution in [0.15, 0.2) is 65.6 Å². The molecule has 1 heterocycles. The monoisotopic (exact) mass is 408 g/mol. The Morgan fingerprint density at radius 3 is 2.55 bits per heavy atom. The lowest BCUT2D eigenvalue weighted by molar-refractivity contribution is -0.121. The average molecular weight is 409 g/mol. The zero-order valence-corrected chi connectivity index (χ0v) is 17.4. The van der Waals surface area contributed by atoms with Crippen molar-refractivity contribution in [2.24, 2.45) is 5.92 Å². The predicted molar refractivity (Wildman–Crippen MR) is 115 cm³/mol. The number of carbonyl (C=O) groups is 1. The van der Waals surface area contributed by atoms with Crippen LogP contribution in [0.25, 0.3) is 10.8 Å². The molecule has 0 spiro atoms. The normalized spacial score (nSPS) is 13.8. The number of sulfonamides is 1. The maximum absolute atomic E-state index is 12.7. The molecule has 29 heavy (non-hydrogen) atoms. The van der Waals surface area contributed by atoms with Gasteiger partial charge in [-0.15, -0.1) is 0 Å². The third-order valence-electron chi connectivity index (χ3n) is 5.30. The van der Waals surface area contributed by atoms with Gasteiger partial charge in [-0.1, -0.05) is 56.3 Å². The fourth-order valence-corrected chi connectivity index (χ4v) is 4.75. The molecular weight excluding hydrogens is 384 g/mol. The Labute approximate surface area is 171 Å². The number of carbonyl (C=O) groups excluding carboxylic acids is 1. The van der Waals surface area contributed by atoms with E-state index in [-0.39, 0.29) is 23.3 Å². The van der Waals surface area contributed by atoms with E-state index in [1.165, 1.54) is 0 Å². The summed E-state index contributed by atoms with van der Waals surface area (Å²) in [6, 6.07) is 18.6. The van der Waals surface area contributed by atoms with Crippen molar-refractivity contribution >= 4 is 32.4 Å². The van der Waals surface area contributed by atoms with Gasteiger partial charge in [0.1, 0.15) is 0 Å². The average Bonchev–Trinajstić information content (AvgIpc) is 3.14. The molecule has 3 aromatic rings. The molecule has 0 atom stereocenters. The van der Waals surface area contributed by atoms with Gasteiger partial charge in [-0.3, -0.25) is 4.79 Å². The molecule has 6 heteroatoms. The summed E-state index contributed by atoms with van der Waals surface area (Å²) >= 11 is 0. The molecule has 0 radical (unpaired) electrons. The maximum Gasteiger partial charge on any atom is 0.240 e. The highest BCUT2D eigenvalue weighted by Gasteiger charge is 2.26. The lowest BCUT2D eigenvalue weighted by atomic mass is 10.1. The number of hydrogen-bond acceptors (Lipinski definition) is 3. The lowest BCUT2D eigenvalue weighted by Crippen LogP contribution is -2.32. The predicted octanol–water partition coefficient (Wildman–Crippen LogP) is 3.86. The number of hydrogen-bond donors (Lipinski definition) is 1. The maximum atomic E-state index is 12.7. The van der Waals surface area contributed by atoms with Gasteiger partial charge in [0, 0.05) is 24.7 Å². The van der Waals surface area contributed by atoms with Crippen molar-refractivity contribution in [1.29, 1.82) is 0 Å². The number of fused-ring (bicyclic) bond motifs is 2. The van der Waals surface area contributed by atoms with Crippen molar-refractivity contribution in [2.45, 2.75) is 31.7 Å². The number of nitrogens with zero attached hydrogens (tertiary/aromatic N) is 1. The summed E-state index contributed by atoms with van der Waals surface area (Å²) < 4.78 is 28.2. The number of nitrogens with one attached hydrogen (secondary N) is 1. The standard InChI is InChI=1S/C23H24N2O3S/c1-16(2)23(26)25-12-11-20-13-17(7-10-22(20)25)15-24-29(27,28)21-9-8-18-5-3-4-6-19(18)14-21/h3-10,13-14,16,24H,11-12,15H2,1-2H3. The molecule has 1 N–H and O–H groups in total. The Bertz CT molecular complexity index is 1190. The molecule has 4 rings (SSSR count). The van der Waals surface area contributed by atoms with Crippen LogP contribution in [-0.4, -0.2) is 20.9 Å². The van der Waals surface area contributed by atoms with Crippen molar-refractivity contribution in [2.75, 3.05) is 11.4 Å². The van der Waals surface area contributed by atoms with Crippen LogP contribution < -0.4 is 9.62 Å². The highest BCUT2D eigenvalue weighted by atomic mass is 32.2.